The molecule has 152 valence electrons. The highest BCUT2D eigenvalue weighted by Crippen LogP contribution is 2.26. The molecule has 0 unspecified atom stereocenters. The first-order valence-electron chi connectivity index (χ1n) is 9.10. The number of halogens is 1. The molecule has 1 atom stereocenters. The van der Waals surface area contributed by atoms with Gasteiger partial charge in [-0.15, -0.1) is 10.2 Å². The second-order valence-electron chi connectivity index (χ2n) is 6.24. The van der Waals surface area contributed by atoms with Gasteiger partial charge >= 0.3 is 0 Å². The summed E-state index contributed by atoms with van der Waals surface area (Å²) in [5, 5.41) is 11.0. The van der Waals surface area contributed by atoms with Crippen molar-refractivity contribution in [1.29, 1.82) is 0 Å². The standard InChI is InChI=1S/C20H22FN5O2S/c1-3-28-17-10-6-15(7-11-17)18-24-25-20(26(18)22)29-13(2)19(27)23-12-14-4-8-16(21)9-5-14/h4-11,13H,3,12,22H2,1-2H3,(H,23,27)/t13-/m1/s1. The number of nitrogen functional groups attached to an aromatic ring is 1. The molecule has 0 saturated carbocycles. The monoisotopic (exact) mass is 415 g/mol. The molecule has 3 rings (SSSR count). The Morgan fingerprint density at radius 1 is 1.21 bits per heavy atom. The maximum absolute atomic E-state index is 12.9. The smallest absolute Gasteiger partial charge is 0.233 e. The van der Waals surface area contributed by atoms with Gasteiger partial charge in [0.15, 0.2) is 5.82 Å². The van der Waals surface area contributed by atoms with Crippen molar-refractivity contribution < 1.29 is 13.9 Å². The molecule has 3 aromatic rings. The van der Waals surface area contributed by atoms with Crippen molar-refractivity contribution in [2.45, 2.75) is 30.8 Å². The lowest BCUT2D eigenvalue weighted by Gasteiger charge is -2.11. The Kier molecular flexibility index (Phi) is 6.71. The Balaban J connectivity index is 1.61. The number of ether oxygens (including phenoxy) is 1. The van der Waals surface area contributed by atoms with Gasteiger partial charge in [0.25, 0.3) is 0 Å². The number of nitrogens with zero attached hydrogens (tertiary/aromatic N) is 3. The first-order valence-corrected chi connectivity index (χ1v) is 9.98. The van der Waals surface area contributed by atoms with Crippen LogP contribution in [0.25, 0.3) is 11.4 Å². The number of hydrogen-bond acceptors (Lipinski definition) is 6. The quantitative estimate of drug-likeness (QED) is 0.434. The predicted molar refractivity (Wildman–Crippen MR) is 110 cm³/mol. The van der Waals surface area contributed by atoms with E-state index in [9.17, 15) is 9.18 Å². The molecule has 0 saturated heterocycles. The minimum Gasteiger partial charge on any atom is -0.494 e. The maximum atomic E-state index is 12.9. The van der Waals surface area contributed by atoms with E-state index in [-0.39, 0.29) is 11.7 Å². The fourth-order valence-corrected chi connectivity index (χ4v) is 3.36. The number of rotatable bonds is 8. The van der Waals surface area contributed by atoms with Gasteiger partial charge in [-0.05, 0) is 55.8 Å². The minimum absolute atomic E-state index is 0.176. The van der Waals surface area contributed by atoms with E-state index < -0.39 is 5.25 Å². The second kappa shape index (κ2) is 9.42. The fourth-order valence-electron chi connectivity index (χ4n) is 2.57. The van der Waals surface area contributed by atoms with Crippen LogP contribution in [0.15, 0.2) is 53.7 Å². The second-order valence-corrected chi connectivity index (χ2v) is 7.55. The molecule has 0 aliphatic carbocycles. The lowest BCUT2D eigenvalue weighted by Crippen LogP contribution is -2.30. The molecule has 0 fully saturated rings. The van der Waals surface area contributed by atoms with Crippen molar-refractivity contribution in [2.75, 3.05) is 12.4 Å². The summed E-state index contributed by atoms with van der Waals surface area (Å²) in [5.74, 6) is 6.90. The number of carbonyl (C=O) groups is 1. The molecule has 0 radical (unpaired) electrons. The first-order chi connectivity index (χ1) is 14.0. The Morgan fingerprint density at radius 3 is 2.55 bits per heavy atom. The highest BCUT2D eigenvalue weighted by molar-refractivity contribution is 8.00. The molecule has 0 spiro atoms. The van der Waals surface area contributed by atoms with E-state index >= 15 is 0 Å². The van der Waals surface area contributed by atoms with Crippen LogP contribution in [0.2, 0.25) is 0 Å². The van der Waals surface area contributed by atoms with Crippen molar-refractivity contribution in [3.8, 4) is 17.1 Å². The first kappa shape index (κ1) is 20.7. The third-order valence-electron chi connectivity index (χ3n) is 4.12. The van der Waals surface area contributed by atoms with E-state index in [2.05, 4.69) is 15.5 Å². The van der Waals surface area contributed by atoms with Gasteiger partial charge in [0.2, 0.25) is 11.1 Å². The van der Waals surface area contributed by atoms with Crippen LogP contribution in [0.1, 0.15) is 19.4 Å². The number of aromatic nitrogens is 3. The van der Waals surface area contributed by atoms with Crippen molar-refractivity contribution in [1.82, 2.24) is 20.2 Å². The molecule has 7 nitrogen and oxygen atoms in total. The summed E-state index contributed by atoms with van der Waals surface area (Å²) in [6, 6.07) is 13.4. The molecule has 2 aromatic carbocycles. The number of carbonyl (C=O) groups excluding carboxylic acids is 1. The normalized spacial score (nSPS) is 11.8. The molecule has 1 heterocycles. The number of benzene rings is 2. The predicted octanol–water partition coefficient (Wildman–Crippen LogP) is 2.99. The van der Waals surface area contributed by atoms with Crippen LogP contribution in [0, 0.1) is 5.82 Å². The third-order valence-corrected chi connectivity index (χ3v) is 5.18. The van der Waals surface area contributed by atoms with E-state index in [1.807, 2.05) is 31.2 Å². The van der Waals surface area contributed by atoms with E-state index in [1.165, 1.54) is 28.6 Å². The van der Waals surface area contributed by atoms with Gasteiger partial charge in [0.05, 0.1) is 11.9 Å². The van der Waals surface area contributed by atoms with Crippen LogP contribution in [-0.2, 0) is 11.3 Å². The van der Waals surface area contributed by atoms with Gasteiger partial charge in [-0.25, -0.2) is 9.07 Å². The van der Waals surface area contributed by atoms with Crippen LogP contribution < -0.4 is 15.9 Å². The van der Waals surface area contributed by atoms with E-state index in [1.54, 1.807) is 19.1 Å². The van der Waals surface area contributed by atoms with E-state index in [0.29, 0.717) is 24.1 Å². The summed E-state index contributed by atoms with van der Waals surface area (Å²) < 4.78 is 19.7. The fraction of sp³-hybridized carbons (Fsp3) is 0.250. The lowest BCUT2D eigenvalue weighted by molar-refractivity contribution is -0.120. The van der Waals surface area contributed by atoms with Gasteiger partial charge in [-0.3, -0.25) is 4.79 Å². The summed E-state index contributed by atoms with van der Waals surface area (Å²) in [4.78, 5) is 12.4. The molecule has 1 amide bonds. The molecule has 0 bridgehead atoms. The van der Waals surface area contributed by atoms with Gasteiger partial charge in [-0.2, -0.15) is 0 Å². The van der Waals surface area contributed by atoms with Crippen molar-refractivity contribution in [3.05, 3.63) is 59.9 Å². The molecule has 3 N–H and O–H groups in total. The topological polar surface area (TPSA) is 95.1 Å². The zero-order chi connectivity index (χ0) is 20.8. The molecule has 0 aliphatic heterocycles. The number of amides is 1. The Hall–Kier alpha value is -3.07. The number of hydrogen-bond donors (Lipinski definition) is 2. The van der Waals surface area contributed by atoms with Crippen LogP contribution >= 0.6 is 11.8 Å². The third kappa shape index (κ3) is 5.26. The Labute approximate surface area is 172 Å². The van der Waals surface area contributed by atoms with Gasteiger partial charge in [0.1, 0.15) is 11.6 Å². The van der Waals surface area contributed by atoms with Crippen LogP contribution in [0.5, 0.6) is 5.75 Å². The molecule has 29 heavy (non-hydrogen) atoms. The van der Waals surface area contributed by atoms with Crippen molar-refractivity contribution in [3.63, 3.8) is 0 Å². The number of thioether (sulfide) groups is 1. The largest absolute Gasteiger partial charge is 0.494 e. The molecule has 0 aliphatic rings. The lowest BCUT2D eigenvalue weighted by atomic mass is 10.2. The van der Waals surface area contributed by atoms with Gasteiger partial charge < -0.3 is 15.9 Å². The minimum atomic E-state index is -0.435. The maximum Gasteiger partial charge on any atom is 0.233 e. The molecular formula is C20H22FN5O2S. The highest BCUT2D eigenvalue weighted by atomic mass is 32.2. The molecule has 9 heteroatoms. The summed E-state index contributed by atoms with van der Waals surface area (Å²) in [6.07, 6.45) is 0. The Morgan fingerprint density at radius 2 is 1.90 bits per heavy atom. The molecule has 1 aromatic heterocycles. The highest BCUT2D eigenvalue weighted by Gasteiger charge is 2.20. The zero-order valence-electron chi connectivity index (χ0n) is 16.1. The van der Waals surface area contributed by atoms with Gasteiger partial charge in [0, 0.05) is 12.1 Å². The number of nitrogens with two attached hydrogens (primary N) is 1. The zero-order valence-corrected chi connectivity index (χ0v) is 16.9. The summed E-state index contributed by atoms with van der Waals surface area (Å²) >= 11 is 1.21. The van der Waals surface area contributed by atoms with E-state index in [0.717, 1.165) is 16.9 Å². The van der Waals surface area contributed by atoms with Crippen LogP contribution in [0.4, 0.5) is 4.39 Å². The van der Waals surface area contributed by atoms with Crippen molar-refractivity contribution in [2.24, 2.45) is 0 Å². The Bertz CT molecular complexity index is 960. The van der Waals surface area contributed by atoms with Gasteiger partial charge in [-0.1, -0.05) is 23.9 Å². The SMILES string of the molecule is CCOc1ccc(-c2nnc(S[C@H](C)C(=O)NCc3ccc(F)cc3)n2N)cc1. The molecular weight excluding hydrogens is 393 g/mol. The van der Waals surface area contributed by atoms with Crippen molar-refractivity contribution >= 4 is 17.7 Å². The summed E-state index contributed by atoms with van der Waals surface area (Å²) in [7, 11) is 0. The van der Waals surface area contributed by atoms with Crippen LogP contribution in [0.3, 0.4) is 0 Å². The summed E-state index contributed by atoms with van der Waals surface area (Å²) in [5.41, 5.74) is 1.61. The average Bonchev–Trinajstić information content (AvgIpc) is 3.08. The summed E-state index contributed by atoms with van der Waals surface area (Å²) in [6.45, 7) is 4.59. The van der Waals surface area contributed by atoms with E-state index in [4.69, 9.17) is 10.6 Å². The average molecular weight is 415 g/mol. The van der Waals surface area contributed by atoms with Crippen LogP contribution in [-0.4, -0.2) is 32.6 Å². The number of nitrogens with one attached hydrogen (secondary N) is 1.